The fourth-order valence-corrected chi connectivity index (χ4v) is 6.07. The van der Waals surface area contributed by atoms with Crippen LogP contribution < -0.4 is 5.73 Å². The topological polar surface area (TPSA) is 112 Å². The van der Waals surface area contributed by atoms with Crippen molar-refractivity contribution in [2.75, 3.05) is 18.8 Å². The number of piperidine rings is 1. The van der Waals surface area contributed by atoms with Crippen LogP contribution in [0.1, 0.15) is 82.9 Å². The number of hydrogen-bond acceptors (Lipinski definition) is 7. The number of ether oxygens (including phenoxy) is 1. The molecule has 2 fully saturated rings. The van der Waals surface area contributed by atoms with E-state index in [1.54, 1.807) is 0 Å². The SMILES string of the molecule is Cn1c(C2=CCC3(CC2)CCN(C(=O)OC(C)(C)C)CC3)c(-c2ncc(C3CC3)cn2)c2c(N)ncnc21. The maximum Gasteiger partial charge on any atom is 0.410 e. The van der Waals surface area contributed by atoms with Gasteiger partial charge in [0.1, 0.15) is 23.4 Å². The number of carbonyl (C=O) groups excluding carboxylic acids is 1. The molecule has 1 amide bonds. The summed E-state index contributed by atoms with van der Waals surface area (Å²) in [5.74, 6) is 1.72. The van der Waals surface area contributed by atoms with Gasteiger partial charge in [0.25, 0.3) is 0 Å². The highest BCUT2D eigenvalue weighted by molar-refractivity contribution is 6.04. The van der Waals surface area contributed by atoms with Crippen LogP contribution in [0.15, 0.2) is 24.8 Å². The summed E-state index contributed by atoms with van der Waals surface area (Å²) >= 11 is 0. The first-order valence-electron chi connectivity index (χ1n) is 13.7. The maximum absolute atomic E-state index is 12.6. The fourth-order valence-electron chi connectivity index (χ4n) is 6.07. The summed E-state index contributed by atoms with van der Waals surface area (Å²) in [6.07, 6.45) is 15.0. The average molecular weight is 516 g/mol. The highest BCUT2D eigenvalue weighted by Gasteiger charge is 2.39. The zero-order valence-corrected chi connectivity index (χ0v) is 22.8. The standard InChI is InChI=1S/C29H37N7O2/c1-28(2,3)38-27(37)36-13-11-29(12-14-36)9-7-19(8-10-29)23-21(22-24(30)33-17-34-26(22)35(23)4)25-31-15-20(16-32-25)18-5-6-18/h7,15-18H,5-6,8-14H2,1-4H3,(H2,30,33,34). The summed E-state index contributed by atoms with van der Waals surface area (Å²) in [6, 6.07) is 0. The van der Waals surface area contributed by atoms with Crippen LogP contribution in [0.3, 0.4) is 0 Å². The summed E-state index contributed by atoms with van der Waals surface area (Å²) in [4.78, 5) is 32.9. The summed E-state index contributed by atoms with van der Waals surface area (Å²) < 4.78 is 7.72. The normalized spacial score (nSPS) is 19.6. The number of hydrogen-bond donors (Lipinski definition) is 1. The monoisotopic (exact) mass is 515 g/mol. The van der Waals surface area contributed by atoms with Crippen LogP contribution in [0.25, 0.3) is 28.0 Å². The second kappa shape index (κ2) is 9.06. The van der Waals surface area contributed by atoms with Gasteiger partial charge in [0.15, 0.2) is 5.82 Å². The Hall–Kier alpha value is -3.49. The lowest BCUT2D eigenvalue weighted by Gasteiger charge is -2.43. The van der Waals surface area contributed by atoms with Gasteiger partial charge in [0.05, 0.1) is 16.6 Å². The predicted molar refractivity (Wildman–Crippen MR) is 147 cm³/mol. The number of likely N-dealkylation sites (tertiary alicyclic amines) is 1. The largest absolute Gasteiger partial charge is 0.444 e. The number of fused-ring (bicyclic) bond motifs is 1. The Kier molecular flexibility index (Phi) is 5.92. The third-order valence-electron chi connectivity index (χ3n) is 8.43. The molecule has 3 aromatic heterocycles. The van der Waals surface area contributed by atoms with E-state index in [1.807, 2.05) is 45.1 Å². The van der Waals surface area contributed by atoms with Gasteiger partial charge < -0.3 is 19.9 Å². The summed E-state index contributed by atoms with van der Waals surface area (Å²) in [5.41, 5.74) is 11.4. The average Bonchev–Trinajstić information content (AvgIpc) is 3.69. The van der Waals surface area contributed by atoms with Crippen molar-refractivity contribution in [3.05, 3.63) is 36.1 Å². The predicted octanol–water partition coefficient (Wildman–Crippen LogP) is 5.47. The van der Waals surface area contributed by atoms with Crippen molar-refractivity contribution in [3.8, 4) is 11.4 Å². The van der Waals surface area contributed by atoms with Crippen molar-refractivity contribution in [1.29, 1.82) is 0 Å². The Labute approximate surface area is 223 Å². The lowest BCUT2D eigenvalue weighted by Crippen LogP contribution is -2.45. The molecule has 3 aromatic rings. The number of nitrogens with two attached hydrogens (primary N) is 1. The molecule has 200 valence electrons. The molecule has 4 heterocycles. The van der Waals surface area contributed by atoms with E-state index in [4.69, 9.17) is 20.4 Å². The number of amides is 1. The zero-order valence-electron chi connectivity index (χ0n) is 22.8. The molecule has 0 radical (unpaired) electrons. The highest BCUT2D eigenvalue weighted by atomic mass is 16.6. The molecule has 9 nitrogen and oxygen atoms in total. The molecule has 38 heavy (non-hydrogen) atoms. The van der Waals surface area contributed by atoms with E-state index in [2.05, 4.69) is 20.6 Å². The van der Waals surface area contributed by atoms with Crippen molar-refractivity contribution in [2.24, 2.45) is 12.5 Å². The van der Waals surface area contributed by atoms with E-state index in [0.717, 1.165) is 67.5 Å². The number of nitrogens with zero attached hydrogens (tertiary/aromatic N) is 6. The fraction of sp³-hybridized carbons (Fsp3) is 0.552. The lowest BCUT2D eigenvalue weighted by molar-refractivity contribution is 0.00896. The lowest BCUT2D eigenvalue weighted by atomic mass is 9.68. The smallest absolute Gasteiger partial charge is 0.410 e. The van der Waals surface area contributed by atoms with Gasteiger partial charge in [0, 0.05) is 32.5 Å². The zero-order chi connectivity index (χ0) is 26.7. The number of carbonyl (C=O) groups is 1. The second-order valence-corrected chi connectivity index (χ2v) is 12.3. The van der Waals surface area contributed by atoms with E-state index >= 15 is 0 Å². The Morgan fingerprint density at radius 2 is 1.79 bits per heavy atom. The van der Waals surface area contributed by atoms with Crippen LogP contribution in [0.5, 0.6) is 0 Å². The van der Waals surface area contributed by atoms with Crippen LogP contribution in [0, 0.1) is 5.41 Å². The highest BCUT2D eigenvalue weighted by Crippen LogP contribution is 2.48. The molecule has 1 saturated heterocycles. The molecule has 1 saturated carbocycles. The number of aromatic nitrogens is 5. The van der Waals surface area contributed by atoms with E-state index in [1.165, 1.54) is 30.3 Å². The van der Waals surface area contributed by atoms with Gasteiger partial charge in [-0.25, -0.2) is 24.7 Å². The van der Waals surface area contributed by atoms with E-state index in [9.17, 15) is 4.79 Å². The van der Waals surface area contributed by atoms with E-state index in [0.29, 0.717) is 17.6 Å². The van der Waals surface area contributed by atoms with Crippen LogP contribution in [0.2, 0.25) is 0 Å². The molecular formula is C29H37N7O2. The van der Waals surface area contributed by atoms with Gasteiger partial charge in [-0.2, -0.15) is 0 Å². The molecule has 2 N–H and O–H groups in total. The van der Waals surface area contributed by atoms with Crippen molar-refractivity contribution in [1.82, 2.24) is 29.4 Å². The first-order valence-corrected chi connectivity index (χ1v) is 13.7. The molecule has 3 aliphatic rings. The Morgan fingerprint density at radius 1 is 1.08 bits per heavy atom. The van der Waals surface area contributed by atoms with Crippen molar-refractivity contribution in [2.45, 2.75) is 77.2 Å². The molecular weight excluding hydrogens is 478 g/mol. The van der Waals surface area contributed by atoms with Gasteiger partial charge in [-0.05, 0) is 88.2 Å². The Morgan fingerprint density at radius 3 is 2.39 bits per heavy atom. The molecule has 2 aliphatic carbocycles. The molecule has 6 rings (SSSR count). The van der Waals surface area contributed by atoms with Gasteiger partial charge in [0.2, 0.25) is 0 Å². The van der Waals surface area contributed by atoms with E-state index < -0.39 is 5.60 Å². The number of anilines is 1. The number of allylic oxidation sites excluding steroid dienone is 2. The van der Waals surface area contributed by atoms with Crippen molar-refractivity contribution >= 4 is 28.5 Å². The van der Waals surface area contributed by atoms with Crippen LogP contribution in [0.4, 0.5) is 10.6 Å². The third kappa shape index (κ3) is 4.52. The number of aryl methyl sites for hydroxylation is 1. The summed E-state index contributed by atoms with van der Waals surface area (Å²) in [5, 5.41) is 0.816. The van der Waals surface area contributed by atoms with Gasteiger partial charge >= 0.3 is 6.09 Å². The van der Waals surface area contributed by atoms with Gasteiger partial charge in [-0.1, -0.05) is 6.08 Å². The van der Waals surface area contributed by atoms with Crippen LogP contribution in [-0.2, 0) is 11.8 Å². The number of nitrogen functional groups attached to an aromatic ring is 1. The molecule has 0 aromatic carbocycles. The number of rotatable bonds is 3. The quantitative estimate of drug-likeness (QED) is 0.492. The summed E-state index contributed by atoms with van der Waals surface area (Å²) in [6.45, 7) is 7.22. The first kappa shape index (κ1) is 24.8. The van der Waals surface area contributed by atoms with Crippen LogP contribution in [-0.4, -0.2) is 54.2 Å². The molecule has 0 unspecified atom stereocenters. The Bertz CT molecular complexity index is 1410. The summed E-state index contributed by atoms with van der Waals surface area (Å²) in [7, 11) is 2.04. The minimum atomic E-state index is -0.472. The maximum atomic E-state index is 12.6. The molecule has 1 spiro atoms. The minimum absolute atomic E-state index is 0.203. The first-order chi connectivity index (χ1) is 18.1. The van der Waals surface area contributed by atoms with Gasteiger partial charge in [-0.15, -0.1) is 0 Å². The third-order valence-corrected chi connectivity index (χ3v) is 8.43. The molecule has 0 atom stereocenters. The minimum Gasteiger partial charge on any atom is -0.444 e. The van der Waals surface area contributed by atoms with Crippen molar-refractivity contribution in [3.63, 3.8) is 0 Å². The van der Waals surface area contributed by atoms with E-state index in [-0.39, 0.29) is 11.5 Å². The van der Waals surface area contributed by atoms with Crippen molar-refractivity contribution < 1.29 is 9.53 Å². The Balaban J connectivity index is 1.29. The molecule has 1 aliphatic heterocycles. The van der Waals surface area contributed by atoms with Crippen LogP contribution >= 0.6 is 0 Å². The molecule has 9 heteroatoms. The molecule has 0 bridgehead atoms. The van der Waals surface area contributed by atoms with Gasteiger partial charge in [-0.3, -0.25) is 0 Å². The second-order valence-electron chi connectivity index (χ2n) is 12.3.